The van der Waals surface area contributed by atoms with E-state index in [2.05, 4.69) is 5.32 Å². The van der Waals surface area contributed by atoms with Crippen molar-refractivity contribution < 1.29 is 24.0 Å². The highest BCUT2D eigenvalue weighted by atomic mass is 16.6. The molecule has 1 atom stereocenters. The molecule has 0 aliphatic carbocycles. The van der Waals surface area contributed by atoms with Crippen LogP contribution in [-0.4, -0.2) is 44.1 Å². The lowest BCUT2D eigenvalue weighted by molar-refractivity contribution is -0.384. The van der Waals surface area contributed by atoms with Gasteiger partial charge in [-0.1, -0.05) is 0 Å². The first-order chi connectivity index (χ1) is 13.2. The van der Waals surface area contributed by atoms with E-state index in [0.29, 0.717) is 5.56 Å². The van der Waals surface area contributed by atoms with Crippen LogP contribution in [0.25, 0.3) is 0 Å². The van der Waals surface area contributed by atoms with Gasteiger partial charge in [0.1, 0.15) is 11.4 Å². The zero-order valence-electron chi connectivity index (χ0n) is 16.0. The van der Waals surface area contributed by atoms with E-state index < -0.39 is 22.9 Å². The summed E-state index contributed by atoms with van der Waals surface area (Å²) in [5.41, 5.74) is 0.856. The van der Waals surface area contributed by atoms with Gasteiger partial charge in [-0.25, -0.2) is 4.79 Å². The number of anilines is 2. The molecule has 0 saturated heterocycles. The number of hydrogen-bond acceptors (Lipinski definition) is 7. The SMILES string of the molecule is COc1ccc(NC(=O)C(C)OC(=O)c2ccc(N(C)C)cc2)c([N+](=O)[O-])c1. The van der Waals surface area contributed by atoms with E-state index in [1.165, 1.54) is 32.2 Å². The van der Waals surface area contributed by atoms with Crippen LogP contribution in [0.4, 0.5) is 17.1 Å². The molecule has 2 aromatic carbocycles. The average Bonchev–Trinajstić information content (AvgIpc) is 2.67. The molecule has 0 fully saturated rings. The van der Waals surface area contributed by atoms with Gasteiger partial charge in [-0.05, 0) is 43.3 Å². The molecule has 0 spiro atoms. The Kier molecular flexibility index (Phi) is 6.54. The Morgan fingerprint density at radius 1 is 1.14 bits per heavy atom. The van der Waals surface area contributed by atoms with Crippen molar-refractivity contribution in [3.8, 4) is 5.75 Å². The van der Waals surface area contributed by atoms with Crippen molar-refractivity contribution in [2.24, 2.45) is 0 Å². The Morgan fingerprint density at radius 2 is 1.79 bits per heavy atom. The molecule has 9 heteroatoms. The van der Waals surface area contributed by atoms with Crippen LogP contribution in [0.2, 0.25) is 0 Å². The molecule has 1 amide bonds. The number of nitrogens with zero attached hydrogens (tertiary/aromatic N) is 2. The summed E-state index contributed by atoms with van der Waals surface area (Å²) in [4.78, 5) is 36.9. The first kappa shape index (κ1) is 20.7. The van der Waals surface area contributed by atoms with Gasteiger partial charge in [0.25, 0.3) is 11.6 Å². The Labute approximate surface area is 162 Å². The van der Waals surface area contributed by atoms with E-state index in [-0.39, 0.29) is 17.1 Å². The summed E-state index contributed by atoms with van der Waals surface area (Å²) in [6, 6.07) is 10.7. The molecule has 1 unspecified atom stereocenters. The molecule has 28 heavy (non-hydrogen) atoms. The number of carbonyl (C=O) groups excluding carboxylic acids is 2. The van der Waals surface area contributed by atoms with E-state index in [1.807, 2.05) is 19.0 Å². The molecule has 0 heterocycles. The Bertz CT molecular complexity index is 880. The number of nitro groups is 1. The van der Waals surface area contributed by atoms with Gasteiger partial charge in [0.2, 0.25) is 0 Å². The van der Waals surface area contributed by atoms with Crippen molar-refractivity contribution in [2.75, 3.05) is 31.4 Å². The third-order valence-electron chi connectivity index (χ3n) is 3.93. The third-order valence-corrected chi connectivity index (χ3v) is 3.93. The Hall–Kier alpha value is -3.62. The molecule has 0 aliphatic rings. The molecule has 9 nitrogen and oxygen atoms in total. The van der Waals surface area contributed by atoms with Crippen LogP contribution in [0.15, 0.2) is 42.5 Å². The normalized spacial score (nSPS) is 11.3. The van der Waals surface area contributed by atoms with E-state index >= 15 is 0 Å². The highest BCUT2D eigenvalue weighted by molar-refractivity contribution is 5.98. The van der Waals surface area contributed by atoms with Gasteiger partial charge < -0.3 is 19.7 Å². The van der Waals surface area contributed by atoms with Gasteiger partial charge in [-0.2, -0.15) is 0 Å². The van der Waals surface area contributed by atoms with Crippen molar-refractivity contribution in [3.63, 3.8) is 0 Å². The first-order valence-electron chi connectivity index (χ1n) is 8.34. The molecular formula is C19H21N3O6. The number of rotatable bonds is 7. The molecular weight excluding hydrogens is 366 g/mol. The van der Waals surface area contributed by atoms with Crippen molar-refractivity contribution in [2.45, 2.75) is 13.0 Å². The lowest BCUT2D eigenvalue weighted by Crippen LogP contribution is -2.30. The van der Waals surface area contributed by atoms with Crippen LogP contribution in [0.3, 0.4) is 0 Å². The molecule has 2 rings (SSSR count). The topological polar surface area (TPSA) is 111 Å². The number of carbonyl (C=O) groups is 2. The summed E-state index contributed by atoms with van der Waals surface area (Å²) < 4.78 is 10.1. The summed E-state index contributed by atoms with van der Waals surface area (Å²) in [5, 5.41) is 13.6. The maximum absolute atomic E-state index is 12.3. The van der Waals surface area contributed by atoms with Crippen molar-refractivity contribution in [3.05, 3.63) is 58.1 Å². The highest BCUT2D eigenvalue weighted by Gasteiger charge is 2.23. The lowest BCUT2D eigenvalue weighted by atomic mass is 10.2. The van der Waals surface area contributed by atoms with Crippen LogP contribution in [-0.2, 0) is 9.53 Å². The summed E-state index contributed by atoms with van der Waals surface area (Å²) in [7, 11) is 5.13. The quantitative estimate of drug-likeness (QED) is 0.442. The lowest BCUT2D eigenvalue weighted by Gasteiger charge is -2.15. The van der Waals surface area contributed by atoms with Crippen molar-refractivity contribution in [1.82, 2.24) is 0 Å². The molecule has 148 valence electrons. The van der Waals surface area contributed by atoms with Crippen LogP contribution in [0, 0.1) is 10.1 Å². The standard InChI is InChI=1S/C19H21N3O6/c1-12(28-19(24)13-5-7-14(8-6-13)21(2)3)18(23)20-16-10-9-15(27-4)11-17(16)22(25)26/h5-12H,1-4H3,(H,20,23). The average molecular weight is 387 g/mol. The summed E-state index contributed by atoms with van der Waals surface area (Å²) in [6.07, 6.45) is -1.15. The van der Waals surface area contributed by atoms with E-state index in [4.69, 9.17) is 9.47 Å². The highest BCUT2D eigenvalue weighted by Crippen LogP contribution is 2.29. The fourth-order valence-electron chi connectivity index (χ4n) is 2.31. The molecule has 2 aromatic rings. The molecule has 0 aliphatic heterocycles. The van der Waals surface area contributed by atoms with E-state index in [0.717, 1.165) is 5.69 Å². The van der Waals surface area contributed by atoms with E-state index in [9.17, 15) is 19.7 Å². The monoisotopic (exact) mass is 387 g/mol. The smallest absolute Gasteiger partial charge is 0.338 e. The largest absolute Gasteiger partial charge is 0.496 e. The minimum absolute atomic E-state index is 0.0194. The fourth-order valence-corrected chi connectivity index (χ4v) is 2.31. The second-order valence-corrected chi connectivity index (χ2v) is 6.12. The predicted molar refractivity (Wildman–Crippen MR) is 104 cm³/mol. The first-order valence-corrected chi connectivity index (χ1v) is 8.34. The molecule has 0 aromatic heterocycles. The van der Waals surface area contributed by atoms with E-state index in [1.54, 1.807) is 24.3 Å². The number of amides is 1. The van der Waals surface area contributed by atoms with Gasteiger partial charge in [-0.15, -0.1) is 0 Å². The number of benzene rings is 2. The number of esters is 1. The minimum Gasteiger partial charge on any atom is -0.496 e. The van der Waals surface area contributed by atoms with Crippen LogP contribution in [0.1, 0.15) is 17.3 Å². The Morgan fingerprint density at radius 3 is 2.32 bits per heavy atom. The van der Waals surface area contributed by atoms with Crippen molar-refractivity contribution >= 4 is 28.9 Å². The molecule has 0 saturated carbocycles. The van der Waals surface area contributed by atoms with Crippen molar-refractivity contribution in [1.29, 1.82) is 0 Å². The van der Waals surface area contributed by atoms with Crippen LogP contribution >= 0.6 is 0 Å². The Balaban J connectivity index is 2.06. The summed E-state index contributed by atoms with van der Waals surface area (Å²) in [5.74, 6) is -1.07. The van der Waals surface area contributed by atoms with Gasteiger partial charge in [0.05, 0.1) is 23.7 Å². The van der Waals surface area contributed by atoms with Gasteiger partial charge >= 0.3 is 5.97 Å². The van der Waals surface area contributed by atoms with Gasteiger partial charge in [0.15, 0.2) is 6.10 Å². The van der Waals surface area contributed by atoms with Gasteiger partial charge in [0, 0.05) is 19.8 Å². The number of nitrogens with one attached hydrogen (secondary N) is 1. The second-order valence-electron chi connectivity index (χ2n) is 6.12. The maximum Gasteiger partial charge on any atom is 0.338 e. The third kappa shape index (κ3) is 4.97. The number of nitro benzene ring substituents is 1. The number of hydrogen-bond donors (Lipinski definition) is 1. The van der Waals surface area contributed by atoms with Crippen LogP contribution in [0.5, 0.6) is 5.75 Å². The maximum atomic E-state index is 12.3. The predicted octanol–water partition coefficient (Wildman–Crippen LogP) is 2.85. The van der Waals surface area contributed by atoms with Crippen LogP contribution < -0.4 is 15.0 Å². The number of methoxy groups -OCH3 is 1. The zero-order chi connectivity index (χ0) is 20.8. The summed E-state index contributed by atoms with van der Waals surface area (Å²) in [6.45, 7) is 1.39. The zero-order valence-corrected chi connectivity index (χ0v) is 16.0. The molecule has 0 radical (unpaired) electrons. The van der Waals surface area contributed by atoms with Gasteiger partial charge in [-0.3, -0.25) is 14.9 Å². The minimum atomic E-state index is -1.15. The molecule has 0 bridgehead atoms. The summed E-state index contributed by atoms with van der Waals surface area (Å²) >= 11 is 0. The fraction of sp³-hybridized carbons (Fsp3) is 0.263. The second kappa shape index (κ2) is 8.85. The molecule has 1 N–H and O–H groups in total. The number of ether oxygens (including phenoxy) is 2.